The molecule has 1 aliphatic rings. The Labute approximate surface area is 119 Å². The Morgan fingerprint density at radius 3 is 2.25 bits per heavy atom. The molecule has 0 aromatic heterocycles. The minimum Gasteiger partial charge on any atom is -0.394 e. The maximum Gasteiger partial charge on any atom is 0.114 e. The van der Waals surface area contributed by atoms with Crippen molar-refractivity contribution >= 4 is 0 Å². The summed E-state index contributed by atoms with van der Waals surface area (Å²) in [5, 5.41) is 19.5. The molecule has 5 nitrogen and oxygen atoms in total. The molecule has 0 bridgehead atoms. The molecule has 0 unspecified atom stereocenters. The summed E-state index contributed by atoms with van der Waals surface area (Å²) in [6, 6.07) is 9.91. The van der Waals surface area contributed by atoms with E-state index in [0.29, 0.717) is 6.42 Å². The van der Waals surface area contributed by atoms with Gasteiger partial charge in [-0.2, -0.15) is 0 Å². The normalized spacial score (nSPS) is 34.1. The maximum absolute atomic E-state index is 10.1. The van der Waals surface area contributed by atoms with E-state index in [-0.39, 0.29) is 18.8 Å². The lowest BCUT2D eigenvalue weighted by Crippen LogP contribution is -2.60. The maximum atomic E-state index is 10.1. The first-order valence-corrected chi connectivity index (χ1v) is 6.75. The molecule has 0 saturated carbocycles. The van der Waals surface area contributed by atoms with Crippen LogP contribution < -0.4 is 0 Å². The summed E-state index contributed by atoms with van der Waals surface area (Å²) < 4.78 is 16.6. The fourth-order valence-electron chi connectivity index (χ4n) is 2.72. The van der Waals surface area contributed by atoms with Gasteiger partial charge in [0.15, 0.2) is 0 Å². The standard InChI is InChI=1S/C15H22O5/c1-18-14-11(8-10-6-4-3-5-7-10)20-12(9-16)13(17)15(14)19-2/h3-7,11-17H,8-9H2,1-2H3/t11-,12+,13+,14-,15-/m0/s1. The molecular weight excluding hydrogens is 260 g/mol. The van der Waals surface area contributed by atoms with Crippen molar-refractivity contribution in [2.24, 2.45) is 0 Å². The lowest BCUT2D eigenvalue weighted by Gasteiger charge is -2.43. The van der Waals surface area contributed by atoms with Crippen molar-refractivity contribution in [3.8, 4) is 0 Å². The second-order valence-electron chi connectivity index (χ2n) is 4.98. The Morgan fingerprint density at radius 2 is 1.70 bits per heavy atom. The minimum absolute atomic E-state index is 0.247. The first-order chi connectivity index (χ1) is 9.71. The first kappa shape index (κ1) is 15.4. The number of hydrogen-bond donors (Lipinski definition) is 2. The van der Waals surface area contributed by atoms with Crippen LogP contribution in [0.3, 0.4) is 0 Å². The largest absolute Gasteiger partial charge is 0.394 e. The summed E-state index contributed by atoms with van der Waals surface area (Å²) in [5.74, 6) is 0. The van der Waals surface area contributed by atoms with Crippen molar-refractivity contribution in [1.29, 1.82) is 0 Å². The average Bonchev–Trinajstić information content (AvgIpc) is 2.49. The van der Waals surface area contributed by atoms with Crippen LogP contribution in [0, 0.1) is 0 Å². The Hall–Kier alpha value is -0.980. The van der Waals surface area contributed by atoms with Crippen LogP contribution in [-0.2, 0) is 20.6 Å². The van der Waals surface area contributed by atoms with Crippen molar-refractivity contribution < 1.29 is 24.4 Å². The monoisotopic (exact) mass is 282 g/mol. The van der Waals surface area contributed by atoms with Crippen LogP contribution in [0.25, 0.3) is 0 Å². The summed E-state index contributed by atoms with van der Waals surface area (Å²) in [6.07, 6.45) is -2.07. The predicted molar refractivity (Wildman–Crippen MR) is 73.5 cm³/mol. The Kier molecular flexibility index (Phi) is 5.51. The van der Waals surface area contributed by atoms with Gasteiger partial charge in [-0.25, -0.2) is 0 Å². The van der Waals surface area contributed by atoms with Crippen molar-refractivity contribution in [1.82, 2.24) is 0 Å². The molecular formula is C15H22O5. The molecule has 0 aliphatic carbocycles. The van der Waals surface area contributed by atoms with E-state index >= 15 is 0 Å². The summed E-state index contributed by atoms with van der Waals surface area (Å²) in [5.41, 5.74) is 1.11. The molecule has 1 saturated heterocycles. The predicted octanol–water partition coefficient (Wildman–Crippen LogP) is 0.380. The molecule has 112 valence electrons. The van der Waals surface area contributed by atoms with Gasteiger partial charge in [-0.3, -0.25) is 0 Å². The van der Waals surface area contributed by atoms with Crippen molar-refractivity contribution in [3.63, 3.8) is 0 Å². The molecule has 1 aromatic rings. The number of rotatable bonds is 5. The summed E-state index contributed by atoms with van der Waals surface area (Å²) in [7, 11) is 3.10. The van der Waals surface area contributed by atoms with E-state index in [1.807, 2.05) is 30.3 Å². The number of methoxy groups -OCH3 is 2. The quantitative estimate of drug-likeness (QED) is 0.817. The van der Waals surface area contributed by atoms with Gasteiger partial charge in [0.05, 0.1) is 12.7 Å². The third kappa shape index (κ3) is 3.19. The molecule has 5 heteroatoms. The topological polar surface area (TPSA) is 68.2 Å². The second-order valence-corrected chi connectivity index (χ2v) is 4.98. The highest BCUT2D eigenvalue weighted by molar-refractivity contribution is 5.16. The van der Waals surface area contributed by atoms with E-state index in [1.54, 1.807) is 7.11 Å². The average molecular weight is 282 g/mol. The van der Waals surface area contributed by atoms with Crippen LogP contribution in [0.15, 0.2) is 30.3 Å². The zero-order valence-corrected chi connectivity index (χ0v) is 11.8. The third-order valence-electron chi connectivity index (χ3n) is 3.76. The van der Waals surface area contributed by atoms with Crippen LogP contribution in [0.2, 0.25) is 0 Å². The van der Waals surface area contributed by atoms with Crippen molar-refractivity contribution in [2.45, 2.75) is 36.9 Å². The zero-order chi connectivity index (χ0) is 14.5. The van der Waals surface area contributed by atoms with Gasteiger partial charge in [-0.15, -0.1) is 0 Å². The smallest absolute Gasteiger partial charge is 0.114 e. The molecule has 0 spiro atoms. The molecule has 1 aliphatic heterocycles. The lowest BCUT2D eigenvalue weighted by molar-refractivity contribution is -0.241. The van der Waals surface area contributed by atoms with Gasteiger partial charge in [-0.05, 0) is 5.56 Å². The van der Waals surface area contributed by atoms with Crippen LogP contribution in [0.4, 0.5) is 0 Å². The van der Waals surface area contributed by atoms with Crippen LogP contribution in [0.5, 0.6) is 0 Å². The minimum atomic E-state index is -0.901. The molecule has 20 heavy (non-hydrogen) atoms. The van der Waals surface area contributed by atoms with Crippen LogP contribution >= 0.6 is 0 Å². The number of benzene rings is 1. The molecule has 2 N–H and O–H groups in total. The first-order valence-electron chi connectivity index (χ1n) is 6.75. The highest BCUT2D eigenvalue weighted by atomic mass is 16.6. The Morgan fingerprint density at radius 1 is 1.05 bits per heavy atom. The molecule has 0 radical (unpaired) electrons. The highest BCUT2D eigenvalue weighted by Gasteiger charge is 2.45. The lowest BCUT2D eigenvalue weighted by atomic mass is 9.91. The molecule has 0 amide bonds. The van der Waals surface area contributed by atoms with Gasteiger partial charge in [0.25, 0.3) is 0 Å². The molecule has 1 aromatic carbocycles. The number of aliphatic hydroxyl groups is 2. The van der Waals surface area contributed by atoms with E-state index in [0.717, 1.165) is 5.56 Å². The highest BCUT2D eigenvalue weighted by Crippen LogP contribution is 2.27. The van der Waals surface area contributed by atoms with Gasteiger partial charge < -0.3 is 24.4 Å². The van der Waals surface area contributed by atoms with Gasteiger partial charge in [0.2, 0.25) is 0 Å². The number of hydrogen-bond acceptors (Lipinski definition) is 5. The van der Waals surface area contributed by atoms with Crippen LogP contribution in [-0.4, -0.2) is 61.6 Å². The third-order valence-corrected chi connectivity index (χ3v) is 3.76. The zero-order valence-electron chi connectivity index (χ0n) is 11.8. The molecule has 2 rings (SSSR count). The molecule has 1 fully saturated rings. The van der Waals surface area contributed by atoms with Crippen molar-refractivity contribution in [3.05, 3.63) is 35.9 Å². The van der Waals surface area contributed by atoms with Gasteiger partial charge in [0.1, 0.15) is 24.4 Å². The fraction of sp³-hybridized carbons (Fsp3) is 0.600. The van der Waals surface area contributed by atoms with E-state index in [9.17, 15) is 10.2 Å². The van der Waals surface area contributed by atoms with E-state index in [2.05, 4.69) is 0 Å². The SMILES string of the molecule is CO[C@@H]1[C@@H](OC)[C@H](O)[C@@H](CO)O[C@H]1Cc1ccccc1. The van der Waals surface area contributed by atoms with E-state index in [1.165, 1.54) is 7.11 Å². The summed E-state index contributed by atoms with van der Waals surface area (Å²) in [6.45, 7) is -0.247. The summed E-state index contributed by atoms with van der Waals surface area (Å²) in [4.78, 5) is 0. The summed E-state index contributed by atoms with van der Waals surface area (Å²) >= 11 is 0. The van der Waals surface area contributed by atoms with Crippen molar-refractivity contribution in [2.75, 3.05) is 20.8 Å². The Balaban J connectivity index is 2.16. The van der Waals surface area contributed by atoms with Gasteiger partial charge in [-0.1, -0.05) is 30.3 Å². The Bertz CT molecular complexity index is 397. The van der Waals surface area contributed by atoms with E-state index in [4.69, 9.17) is 14.2 Å². The van der Waals surface area contributed by atoms with Crippen LogP contribution in [0.1, 0.15) is 5.56 Å². The molecule has 5 atom stereocenters. The number of aliphatic hydroxyl groups excluding tert-OH is 2. The number of ether oxygens (including phenoxy) is 3. The van der Waals surface area contributed by atoms with Gasteiger partial charge >= 0.3 is 0 Å². The fourth-order valence-corrected chi connectivity index (χ4v) is 2.72. The molecule has 1 heterocycles. The second kappa shape index (κ2) is 7.15. The van der Waals surface area contributed by atoms with Gasteiger partial charge in [0, 0.05) is 20.6 Å². The van der Waals surface area contributed by atoms with E-state index < -0.39 is 18.3 Å².